The third-order valence-electron chi connectivity index (χ3n) is 5.34. The Labute approximate surface area is 251 Å². The van der Waals surface area contributed by atoms with E-state index in [0.29, 0.717) is 11.4 Å². The van der Waals surface area contributed by atoms with E-state index < -0.39 is 5.97 Å². The van der Waals surface area contributed by atoms with Crippen LogP contribution in [0.2, 0.25) is 0 Å². The van der Waals surface area contributed by atoms with Crippen molar-refractivity contribution in [3.63, 3.8) is 0 Å². The van der Waals surface area contributed by atoms with Crippen molar-refractivity contribution in [2.45, 2.75) is 0 Å². The molecular formula is C32H24IrN5O3. The summed E-state index contributed by atoms with van der Waals surface area (Å²) >= 11 is 0. The summed E-state index contributed by atoms with van der Waals surface area (Å²) in [4.78, 5) is 18.9. The maximum Gasteiger partial charge on any atom is 3.00 e. The predicted octanol–water partition coefficient (Wildman–Crippen LogP) is 4.73. The van der Waals surface area contributed by atoms with Crippen LogP contribution in [-0.2, 0) is 20.1 Å². The van der Waals surface area contributed by atoms with Crippen molar-refractivity contribution in [1.82, 2.24) is 25.0 Å². The maximum atomic E-state index is 10.5. The second kappa shape index (κ2) is 16.2. The Balaban J connectivity index is 0.000000169. The van der Waals surface area contributed by atoms with Crippen LogP contribution < -0.4 is 9.84 Å². The van der Waals surface area contributed by atoms with Crippen LogP contribution in [0.15, 0.2) is 128 Å². The van der Waals surface area contributed by atoms with Crippen LogP contribution in [0.1, 0.15) is 10.5 Å². The molecule has 0 unspecified atom stereocenters. The van der Waals surface area contributed by atoms with Gasteiger partial charge in [-0.05, 0) is 47.8 Å². The first-order chi connectivity index (χ1) is 19.6. The monoisotopic (exact) mass is 719 g/mol. The Bertz CT molecular complexity index is 1430. The van der Waals surface area contributed by atoms with Crippen molar-refractivity contribution in [3.05, 3.63) is 146 Å². The third-order valence-corrected chi connectivity index (χ3v) is 5.34. The molecule has 204 valence electrons. The van der Waals surface area contributed by atoms with Gasteiger partial charge in [0.05, 0.1) is 25.0 Å². The minimum atomic E-state index is -1.35. The standard InChI is InChI=1S/2C11H8N.C10H9N3O3.Ir/c2*1-2-6-10(7-3-1)11-8-4-5-9-12-11;1-16-8-4-2-7(3-5-8)13-6-9(10(14)15)11-12-13;/h2*1-6,8-9H;2-6H,1H3,(H,14,15);/q2*-1;;+3/p-1. The van der Waals surface area contributed by atoms with Gasteiger partial charge in [0.2, 0.25) is 0 Å². The zero-order chi connectivity index (χ0) is 28.0. The molecular weight excluding hydrogens is 695 g/mol. The molecule has 0 saturated heterocycles. The second-order valence-electron chi connectivity index (χ2n) is 8.02. The second-order valence-corrected chi connectivity index (χ2v) is 8.02. The molecule has 3 aromatic heterocycles. The number of hydrogen-bond acceptors (Lipinski definition) is 7. The average Bonchev–Trinajstić information content (AvgIpc) is 3.55. The molecule has 0 saturated carbocycles. The number of aromatic nitrogens is 5. The first kappa shape index (κ1) is 30.6. The Morgan fingerprint density at radius 1 is 0.756 bits per heavy atom. The van der Waals surface area contributed by atoms with Gasteiger partial charge in [0, 0.05) is 12.4 Å². The summed E-state index contributed by atoms with van der Waals surface area (Å²) in [6.07, 6.45) is 4.86. The van der Waals surface area contributed by atoms with E-state index in [9.17, 15) is 9.90 Å². The van der Waals surface area contributed by atoms with E-state index in [1.165, 1.54) is 10.9 Å². The van der Waals surface area contributed by atoms with E-state index in [1.807, 2.05) is 84.9 Å². The Hall–Kier alpha value is -4.98. The van der Waals surface area contributed by atoms with Gasteiger partial charge in [0.1, 0.15) is 11.4 Å². The first-order valence-electron chi connectivity index (χ1n) is 12.2. The fourth-order valence-corrected chi connectivity index (χ4v) is 3.37. The summed E-state index contributed by atoms with van der Waals surface area (Å²) in [5.74, 6) is -0.635. The Morgan fingerprint density at radius 3 is 1.68 bits per heavy atom. The van der Waals surface area contributed by atoms with E-state index in [2.05, 4.69) is 32.4 Å². The summed E-state index contributed by atoms with van der Waals surface area (Å²) in [5, 5.41) is 17.6. The number of hydrogen-bond donors (Lipinski definition) is 0. The molecule has 8 nitrogen and oxygen atoms in total. The van der Waals surface area contributed by atoms with E-state index in [1.54, 1.807) is 43.8 Å². The molecule has 0 aliphatic heterocycles. The number of methoxy groups -OCH3 is 1. The number of carbonyl (C=O) groups is 1. The topological polar surface area (TPSA) is 106 Å². The number of carboxylic acids is 1. The van der Waals surface area contributed by atoms with Crippen molar-refractivity contribution in [2.24, 2.45) is 0 Å². The van der Waals surface area contributed by atoms with Crippen molar-refractivity contribution in [2.75, 3.05) is 7.11 Å². The predicted molar refractivity (Wildman–Crippen MR) is 149 cm³/mol. The van der Waals surface area contributed by atoms with E-state index >= 15 is 0 Å². The van der Waals surface area contributed by atoms with Gasteiger partial charge >= 0.3 is 20.1 Å². The molecule has 0 bridgehead atoms. The zero-order valence-electron chi connectivity index (χ0n) is 21.9. The first-order valence-corrected chi connectivity index (χ1v) is 12.2. The number of aromatic carboxylic acids is 1. The van der Waals surface area contributed by atoms with Crippen LogP contribution >= 0.6 is 0 Å². The zero-order valence-corrected chi connectivity index (χ0v) is 24.3. The number of carbonyl (C=O) groups excluding carboxylic acids is 1. The third kappa shape index (κ3) is 9.32. The Kier molecular flexibility index (Phi) is 12.1. The molecule has 9 heteroatoms. The van der Waals surface area contributed by atoms with Crippen LogP contribution in [0.3, 0.4) is 0 Å². The summed E-state index contributed by atoms with van der Waals surface area (Å²) < 4.78 is 6.35. The number of ether oxygens (including phenoxy) is 1. The number of pyridine rings is 2. The van der Waals surface area contributed by atoms with Gasteiger partial charge in [-0.1, -0.05) is 29.5 Å². The van der Waals surface area contributed by atoms with Crippen molar-refractivity contribution < 1.29 is 34.7 Å². The fourth-order valence-electron chi connectivity index (χ4n) is 3.37. The summed E-state index contributed by atoms with van der Waals surface area (Å²) in [7, 11) is 1.57. The number of carboxylic acid groups (broad SMARTS) is 1. The quantitative estimate of drug-likeness (QED) is 0.238. The molecule has 0 aliphatic carbocycles. The molecule has 0 radical (unpaired) electrons. The van der Waals surface area contributed by atoms with Gasteiger partial charge < -0.3 is 24.6 Å². The molecule has 0 amide bonds. The van der Waals surface area contributed by atoms with E-state index in [-0.39, 0.29) is 25.8 Å². The van der Waals surface area contributed by atoms with Crippen LogP contribution in [0.25, 0.3) is 28.2 Å². The normalized spacial score (nSPS) is 9.59. The van der Waals surface area contributed by atoms with E-state index in [0.717, 1.165) is 22.5 Å². The van der Waals surface area contributed by atoms with Gasteiger partial charge in [-0.25, -0.2) is 4.68 Å². The summed E-state index contributed by atoms with van der Waals surface area (Å²) in [5.41, 5.74) is 4.52. The largest absolute Gasteiger partial charge is 3.00 e. The van der Waals surface area contributed by atoms with Gasteiger partial charge in [0.15, 0.2) is 0 Å². The summed E-state index contributed by atoms with van der Waals surface area (Å²) in [6, 6.07) is 40.6. The van der Waals surface area contributed by atoms with Gasteiger partial charge in [-0.3, -0.25) is 0 Å². The molecule has 6 rings (SSSR count). The molecule has 3 heterocycles. The average molecular weight is 719 g/mol. The molecule has 0 fully saturated rings. The van der Waals surface area contributed by atoms with Crippen molar-refractivity contribution >= 4 is 5.97 Å². The minimum Gasteiger partial charge on any atom is -0.543 e. The van der Waals surface area contributed by atoms with Crippen LogP contribution in [0.5, 0.6) is 5.75 Å². The molecule has 41 heavy (non-hydrogen) atoms. The van der Waals surface area contributed by atoms with Crippen LogP contribution in [0, 0.1) is 12.1 Å². The van der Waals surface area contributed by atoms with Crippen molar-refractivity contribution in [3.8, 4) is 34.0 Å². The molecule has 0 spiro atoms. The van der Waals surface area contributed by atoms with Gasteiger partial charge in [-0.15, -0.1) is 76.9 Å². The molecule has 0 N–H and O–H groups in total. The van der Waals surface area contributed by atoms with Crippen molar-refractivity contribution in [1.29, 1.82) is 0 Å². The summed E-state index contributed by atoms with van der Waals surface area (Å²) in [6.45, 7) is 0. The number of benzene rings is 3. The number of nitrogens with zero attached hydrogens (tertiary/aromatic N) is 5. The van der Waals surface area contributed by atoms with Gasteiger partial charge in [-0.2, -0.15) is 0 Å². The molecule has 3 aromatic carbocycles. The molecule has 0 atom stereocenters. The van der Waals surface area contributed by atoms with Crippen LogP contribution in [-0.4, -0.2) is 38.0 Å². The smallest absolute Gasteiger partial charge is 0.543 e. The molecule has 6 aromatic rings. The Morgan fingerprint density at radius 2 is 1.29 bits per heavy atom. The van der Waals surface area contributed by atoms with E-state index in [4.69, 9.17) is 4.74 Å². The minimum absolute atomic E-state index is 0. The fraction of sp³-hybridized carbons (Fsp3) is 0.0312. The maximum absolute atomic E-state index is 10.5. The van der Waals surface area contributed by atoms with Crippen LogP contribution in [0.4, 0.5) is 0 Å². The number of rotatable bonds is 5. The SMILES string of the molecule is COc1ccc(-n2cc(C(=O)[O-])nn2)cc1.[Ir+3].[c-]1ccccc1-c1ccccn1.[c-]1ccccc1-c1ccccn1. The van der Waals surface area contributed by atoms with Gasteiger partial charge in [0.25, 0.3) is 0 Å². The molecule has 0 aliphatic rings.